The molecule has 0 radical (unpaired) electrons. The maximum atomic E-state index is 12.0. The van der Waals surface area contributed by atoms with Crippen LogP contribution in [0.1, 0.15) is 21.0 Å². The van der Waals surface area contributed by atoms with Crippen molar-refractivity contribution < 1.29 is 14.7 Å². The van der Waals surface area contributed by atoms with Gasteiger partial charge in [-0.25, -0.2) is 14.8 Å². The van der Waals surface area contributed by atoms with Gasteiger partial charge in [0, 0.05) is 5.69 Å². The van der Waals surface area contributed by atoms with Gasteiger partial charge in [0.25, 0.3) is 5.91 Å². The number of nitrogens with zero attached hydrogens (tertiary/aromatic N) is 2. The third-order valence-electron chi connectivity index (χ3n) is 2.66. The van der Waals surface area contributed by atoms with Crippen LogP contribution in [0.2, 0.25) is 0 Å². The van der Waals surface area contributed by atoms with E-state index in [4.69, 9.17) is 5.11 Å². The van der Waals surface area contributed by atoms with E-state index < -0.39 is 11.9 Å². The van der Waals surface area contributed by atoms with Gasteiger partial charge in [0.2, 0.25) is 0 Å². The van der Waals surface area contributed by atoms with Gasteiger partial charge in [0.05, 0.1) is 22.1 Å². The number of carboxylic acid groups (broad SMARTS) is 1. The molecule has 1 amide bonds. The zero-order chi connectivity index (χ0) is 14.1. The van der Waals surface area contributed by atoms with E-state index in [1.165, 1.54) is 17.7 Å². The first-order valence-corrected chi connectivity index (χ1v) is 6.44. The molecule has 100 valence electrons. The highest BCUT2D eigenvalue weighted by molar-refractivity contribution is 7.16. The number of rotatable bonds is 3. The van der Waals surface area contributed by atoms with Crippen molar-refractivity contribution in [2.24, 2.45) is 0 Å². The minimum absolute atomic E-state index is 0.151. The van der Waals surface area contributed by atoms with Gasteiger partial charge in [-0.1, -0.05) is 0 Å². The number of imidazole rings is 1. The highest BCUT2D eigenvalue weighted by Gasteiger charge is 2.19. The Hall–Kier alpha value is -2.74. The molecule has 2 aromatic heterocycles. The van der Waals surface area contributed by atoms with Crippen LogP contribution in [0.3, 0.4) is 0 Å². The van der Waals surface area contributed by atoms with E-state index in [2.05, 4.69) is 20.3 Å². The lowest BCUT2D eigenvalue weighted by atomic mass is 10.2. The largest absolute Gasteiger partial charge is 0.477 e. The van der Waals surface area contributed by atoms with E-state index in [9.17, 15) is 9.59 Å². The lowest BCUT2D eigenvalue weighted by Gasteiger charge is -2.03. The number of hydrogen-bond acceptors (Lipinski definition) is 5. The number of nitrogens with one attached hydrogen (secondary N) is 2. The van der Waals surface area contributed by atoms with Crippen molar-refractivity contribution in [1.82, 2.24) is 15.0 Å². The van der Waals surface area contributed by atoms with Crippen LogP contribution in [0.25, 0.3) is 10.2 Å². The Balaban J connectivity index is 1.88. The van der Waals surface area contributed by atoms with Crippen LogP contribution in [0.15, 0.2) is 30.0 Å². The van der Waals surface area contributed by atoms with Gasteiger partial charge >= 0.3 is 5.97 Å². The van der Waals surface area contributed by atoms with Gasteiger partial charge in [-0.3, -0.25) is 4.79 Å². The molecule has 0 saturated carbocycles. The van der Waals surface area contributed by atoms with Gasteiger partial charge in [-0.2, -0.15) is 0 Å². The molecule has 7 nitrogen and oxygen atoms in total. The second kappa shape index (κ2) is 4.74. The normalized spacial score (nSPS) is 10.6. The van der Waals surface area contributed by atoms with Gasteiger partial charge in [-0.15, -0.1) is 11.3 Å². The molecule has 3 N–H and O–H groups in total. The predicted molar refractivity (Wildman–Crippen MR) is 73.1 cm³/mol. The summed E-state index contributed by atoms with van der Waals surface area (Å²) in [6.07, 6.45) is 1.17. The highest BCUT2D eigenvalue weighted by atomic mass is 32.1. The Kier molecular flexibility index (Phi) is 2.92. The minimum Gasteiger partial charge on any atom is -0.477 e. The van der Waals surface area contributed by atoms with Crippen molar-refractivity contribution in [3.05, 3.63) is 41.4 Å². The first-order valence-electron chi connectivity index (χ1n) is 5.56. The fourth-order valence-electron chi connectivity index (χ4n) is 1.75. The van der Waals surface area contributed by atoms with Gasteiger partial charge in [0.1, 0.15) is 0 Å². The maximum Gasteiger partial charge on any atom is 0.354 e. The van der Waals surface area contributed by atoms with Crippen LogP contribution in [-0.2, 0) is 0 Å². The predicted octanol–water partition coefficient (Wildman–Crippen LogP) is 1.97. The fourth-order valence-corrected chi connectivity index (χ4v) is 2.47. The molecule has 0 atom stereocenters. The van der Waals surface area contributed by atoms with Crippen molar-refractivity contribution in [2.75, 3.05) is 5.32 Å². The monoisotopic (exact) mass is 288 g/mol. The number of carbonyl (C=O) groups excluding carboxylic acids is 1. The van der Waals surface area contributed by atoms with Crippen LogP contribution in [0.4, 0.5) is 5.69 Å². The second-order valence-electron chi connectivity index (χ2n) is 3.92. The molecule has 0 unspecified atom stereocenters. The number of fused-ring (bicyclic) bond motifs is 1. The molecule has 0 aliphatic carbocycles. The zero-order valence-electron chi connectivity index (χ0n) is 9.95. The molecule has 0 saturated heterocycles. The Bertz CT molecular complexity index is 808. The number of aromatic amines is 1. The van der Waals surface area contributed by atoms with E-state index in [1.807, 2.05) is 0 Å². The number of aromatic carboxylic acids is 1. The number of aromatic nitrogens is 3. The first kappa shape index (κ1) is 12.3. The molecule has 3 rings (SSSR count). The summed E-state index contributed by atoms with van der Waals surface area (Å²) in [5.41, 5.74) is 2.74. The van der Waals surface area contributed by atoms with E-state index in [0.29, 0.717) is 5.69 Å². The smallest absolute Gasteiger partial charge is 0.354 e. The van der Waals surface area contributed by atoms with Crippen molar-refractivity contribution in [3.8, 4) is 0 Å². The highest BCUT2D eigenvalue weighted by Crippen LogP contribution is 2.22. The molecule has 8 heteroatoms. The van der Waals surface area contributed by atoms with E-state index in [-0.39, 0.29) is 11.4 Å². The molecule has 0 bridgehead atoms. The summed E-state index contributed by atoms with van der Waals surface area (Å²) < 4.78 is 0.934. The fraction of sp³-hybridized carbons (Fsp3) is 0. The Morgan fingerprint density at radius 3 is 2.95 bits per heavy atom. The quantitative estimate of drug-likeness (QED) is 0.683. The van der Waals surface area contributed by atoms with Crippen molar-refractivity contribution in [2.45, 2.75) is 0 Å². The molecule has 0 aliphatic heterocycles. The number of H-pyrrole nitrogens is 1. The Labute approximate surface area is 116 Å². The number of carboxylic acids is 1. The topological polar surface area (TPSA) is 108 Å². The molecule has 20 heavy (non-hydrogen) atoms. The summed E-state index contributed by atoms with van der Waals surface area (Å²) in [6, 6.07) is 5.26. The first-order chi connectivity index (χ1) is 9.65. The average Bonchev–Trinajstić information content (AvgIpc) is 3.06. The SMILES string of the molecule is O=C(Nc1ccc2ncsc2c1)c1nc[nH]c1C(=O)O. The number of hydrogen-bond donors (Lipinski definition) is 3. The number of amides is 1. The van der Waals surface area contributed by atoms with E-state index in [0.717, 1.165) is 10.2 Å². The maximum absolute atomic E-state index is 12.0. The lowest BCUT2D eigenvalue weighted by molar-refractivity contribution is 0.0686. The molecule has 0 spiro atoms. The molecule has 0 aliphatic rings. The number of anilines is 1. The summed E-state index contributed by atoms with van der Waals surface area (Å²) in [4.78, 5) is 33.2. The summed E-state index contributed by atoms with van der Waals surface area (Å²) in [5, 5.41) is 11.5. The summed E-state index contributed by atoms with van der Waals surface area (Å²) >= 11 is 1.46. The standard InChI is InChI=1S/C12H8N4O3S/c17-11(9-10(12(18)19)14-4-13-9)16-6-1-2-7-8(3-6)20-5-15-7/h1-5H,(H,13,14)(H,16,17)(H,18,19). The lowest BCUT2D eigenvalue weighted by Crippen LogP contribution is -2.16. The van der Waals surface area contributed by atoms with Crippen LogP contribution in [0.5, 0.6) is 0 Å². The van der Waals surface area contributed by atoms with Crippen LogP contribution >= 0.6 is 11.3 Å². The Morgan fingerprint density at radius 1 is 1.30 bits per heavy atom. The van der Waals surface area contributed by atoms with Crippen molar-refractivity contribution in [3.63, 3.8) is 0 Å². The second-order valence-corrected chi connectivity index (χ2v) is 4.81. The van der Waals surface area contributed by atoms with Crippen LogP contribution < -0.4 is 5.32 Å². The van der Waals surface area contributed by atoms with E-state index >= 15 is 0 Å². The minimum atomic E-state index is -1.23. The van der Waals surface area contributed by atoms with E-state index in [1.54, 1.807) is 23.7 Å². The summed E-state index contributed by atoms with van der Waals surface area (Å²) in [6.45, 7) is 0. The molecule has 3 aromatic rings. The van der Waals surface area contributed by atoms with Gasteiger partial charge < -0.3 is 15.4 Å². The van der Waals surface area contributed by atoms with Gasteiger partial charge in [0.15, 0.2) is 11.4 Å². The third kappa shape index (κ3) is 2.12. The van der Waals surface area contributed by atoms with Gasteiger partial charge in [-0.05, 0) is 18.2 Å². The summed E-state index contributed by atoms with van der Waals surface area (Å²) in [7, 11) is 0. The number of benzene rings is 1. The van der Waals surface area contributed by atoms with Crippen LogP contribution in [0, 0.1) is 0 Å². The molecular formula is C12H8N4O3S. The van der Waals surface area contributed by atoms with Crippen molar-refractivity contribution >= 4 is 39.1 Å². The number of carbonyl (C=O) groups is 2. The molecule has 0 fully saturated rings. The molecular weight excluding hydrogens is 280 g/mol. The molecule has 2 heterocycles. The third-order valence-corrected chi connectivity index (χ3v) is 3.45. The van der Waals surface area contributed by atoms with Crippen molar-refractivity contribution in [1.29, 1.82) is 0 Å². The zero-order valence-corrected chi connectivity index (χ0v) is 10.8. The number of thiazole rings is 1. The summed E-state index contributed by atoms with van der Waals surface area (Å²) in [5.74, 6) is -1.81. The Morgan fingerprint density at radius 2 is 2.15 bits per heavy atom. The van der Waals surface area contributed by atoms with Crippen LogP contribution in [-0.4, -0.2) is 31.9 Å². The molecule has 1 aromatic carbocycles. The average molecular weight is 288 g/mol.